The van der Waals surface area contributed by atoms with Crippen molar-refractivity contribution in [2.24, 2.45) is 0 Å². The highest BCUT2D eigenvalue weighted by Crippen LogP contribution is 2.33. The van der Waals surface area contributed by atoms with Gasteiger partial charge in [-0.1, -0.05) is 0 Å². The summed E-state index contributed by atoms with van der Waals surface area (Å²) in [6.45, 7) is 4.48. The molecule has 0 saturated carbocycles. The molecule has 0 bridgehead atoms. The van der Waals surface area contributed by atoms with E-state index in [2.05, 4.69) is 20.6 Å². The number of nitrogens with one attached hydrogen (secondary N) is 2. The fraction of sp³-hybridized carbons (Fsp3) is 0.190. The van der Waals surface area contributed by atoms with Crippen LogP contribution in [-0.2, 0) is 0 Å². The second-order valence-corrected chi connectivity index (χ2v) is 6.43. The summed E-state index contributed by atoms with van der Waals surface area (Å²) in [5.41, 5.74) is 2.36. The first-order valence-electron chi connectivity index (χ1n) is 8.97. The molecule has 28 heavy (non-hydrogen) atoms. The molecule has 0 fully saturated rings. The van der Waals surface area contributed by atoms with Crippen LogP contribution < -0.4 is 20.1 Å². The number of aryl methyl sites for hydroxylation is 1. The van der Waals surface area contributed by atoms with Crippen LogP contribution in [0.5, 0.6) is 11.5 Å². The molecule has 0 radical (unpaired) electrons. The third-order valence-corrected chi connectivity index (χ3v) is 4.22. The fourth-order valence-electron chi connectivity index (χ4n) is 2.90. The summed E-state index contributed by atoms with van der Waals surface area (Å²) in [6, 6.07) is 14.8. The Labute approximate surface area is 162 Å². The van der Waals surface area contributed by atoms with Crippen LogP contribution in [0.25, 0.3) is 0 Å². The number of Topliss-reactive ketones (excluding diaryl/α,β-unsaturated/α-hetero) is 1. The number of hydrogen-bond acceptors (Lipinski definition) is 7. The number of aromatic nitrogens is 2. The Bertz CT molecular complexity index is 1020. The van der Waals surface area contributed by atoms with Crippen LogP contribution in [0.4, 0.5) is 23.0 Å². The monoisotopic (exact) mass is 376 g/mol. The van der Waals surface area contributed by atoms with Crippen molar-refractivity contribution in [3.8, 4) is 11.5 Å². The first-order valence-corrected chi connectivity index (χ1v) is 8.97. The molecule has 7 heteroatoms. The van der Waals surface area contributed by atoms with E-state index >= 15 is 0 Å². The molecule has 0 unspecified atom stereocenters. The number of hydrogen-bond donors (Lipinski definition) is 2. The summed E-state index contributed by atoms with van der Waals surface area (Å²) >= 11 is 0. The molecule has 7 nitrogen and oxygen atoms in total. The van der Waals surface area contributed by atoms with Gasteiger partial charge >= 0.3 is 0 Å². The molecule has 4 rings (SSSR count). The van der Waals surface area contributed by atoms with Gasteiger partial charge in [0.05, 0.1) is 0 Å². The van der Waals surface area contributed by atoms with Crippen molar-refractivity contribution in [1.82, 2.24) is 9.97 Å². The van der Waals surface area contributed by atoms with Crippen LogP contribution in [0.3, 0.4) is 0 Å². The van der Waals surface area contributed by atoms with Crippen molar-refractivity contribution in [2.75, 3.05) is 23.8 Å². The van der Waals surface area contributed by atoms with Gasteiger partial charge in [0.1, 0.15) is 30.7 Å². The Balaban J connectivity index is 1.53. The van der Waals surface area contributed by atoms with Crippen LogP contribution >= 0.6 is 0 Å². The van der Waals surface area contributed by atoms with E-state index in [-0.39, 0.29) is 5.78 Å². The highest BCUT2D eigenvalue weighted by Gasteiger charge is 2.12. The third kappa shape index (κ3) is 4.03. The van der Waals surface area contributed by atoms with E-state index in [4.69, 9.17) is 9.47 Å². The number of benzene rings is 2. The van der Waals surface area contributed by atoms with Crippen molar-refractivity contribution in [1.29, 1.82) is 0 Å². The summed E-state index contributed by atoms with van der Waals surface area (Å²) in [7, 11) is 0. The smallest absolute Gasteiger partial charge is 0.163 e. The van der Waals surface area contributed by atoms with Crippen molar-refractivity contribution >= 4 is 28.8 Å². The van der Waals surface area contributed by atoms with Gasteiger partial charge in [-0.25, -0.2) is 9.97 Å². The maximum absolute atomic E-state index is 11.4. The molecule has 0 spiro atoms. The van der Waals surface area contributed by atoms with Gasteiger partial charge in [0.25, 0.3) is 0 Å². The zero-order valence-electron chi connectivity index (χ0n) is 15.7. The standard InChI is InChI=1S/C21H20N4O3/c1-13(26)15-3-5-16(6-4-15)24-20-12-21(23-14(2)22-20)25-17-7-8-18-19(11-17)28-10-9-27-18/h3-8,11-12H,9-10H2,1-2H3,(H2,22,23,24,25). The van der Waals surface area contributed by atoms with Gasteiger partial charge in [-0.15, -0.1) is 0 Å². The van der Waals surface area contributed by atoms with E-state index < -0.39 is 0 Å². The van der Waals surface area contributed by atoms with Gasteiger partial charge in [0.15, 0.2) is 17.3 Å². The number of ketones is 1. The maximum atomic E-state index is 11.4. The van der Waals surface area contributed by atoms with E-state index in [1.807, 2.05) is 43.3 Å². The zero-order valence-corrected chi connectivity index (χ0v) is 15.7. The molecule has 142 valence electrons. The number of nitrogens with zero attached hydrogens (tertiary/aromatic N) is 2. The average Bonchev–Trinajstić information content (AvgIpc) is 2.68. The second-order valence-electron chi connectivity index (χ2n) is 6.43. The predicted octanol–water partition coefficient (Wildman–Crippen LogP) is 4.25. The van der Waals surface area contributed by atoms with E-state index in [9.17, 15) is 4.79 Å². The van der Waals surface area contributed by atoms with Crippen LogP contribution in [-0.4, -0.2) is 29.0 Å². The summed E-state index contributed by atoms with van der Waals surface area (Å²) in [6.07, 6.45) is 0. The Morgan fingerprint density at radius 3 is 2.14 bits per heavy atom. The number of fused-ring (bicyclic) bond motifs is 1. The largest absolute Gasteiger partial charge is 0.486 e. The SMILES string of the molecule is CC(=O)c1ccc(Nc2cc(Nc3ccc4c(c3)OCCO4)nc(C)n2)cc1. The molecule has 2 heterocycles. The molecule has 2 aromatic carbocycles. The number of carbonyl (C=O) groups is 1. The zero-order chi connectivity index (χ0) is 19.5. The molecular formula is C21H20N4O3. The number of rotatable bonds is 5. The minimum atomic E-state index is 0.0374. The van der Waals surface area contributed by atoms with E-state index in [1.165, 1.54) is 0 Å². The Kier molecular flexibility index (Phi) is 4.80. The van der Waals surface area contributed by atoms with Gasteiger partial charge in [-0.05, 0) is 50.2 Å². The highest BCUT2D eigenvalue weighted by atomic mass is 16.6. The third-order valence-electron chi connectivity index (χ3n) is 4.22. The lowest BCUT2D eigenvalue weighted by atomic mass is 10.1. The molecule has 0 atom stereocenters. The molecular weight excluding hydrogens is 356 g/mol. The first-order chi connectivity index (χ1) is 13.6. The number of ether oxygens (including phenoxy) is 2. The van der Waals surface area contributed by atoms with Gasteiger partial charge in [-0.2, -0.15) is 0 Å². The second kappa shape index (κ2) is 7.56. The summed E-state index contributed by atoms with van der Waals surface area (Å²) in [4.78, 5) is 20.3. The number of carbonyl (C=O) groups excluding carboxylic acids is 1. The Hall–Kier alpha value is -3.61. The molecule has 1 aliphatic rings. The van der Waals surface area contributed by atoms with Gasteiger partial charge in [0.2, 0.25) is 0 Å². The summed E-state index contributed by atoms with van der Waals surface area (Å²) in [5.74, 6) is 3.44. The molecule has 1 aliphatic heterocycles. The minimum Gasteiger partial charge on any atom is -0.486 e. The van der Waals surface area contributed by atoms with Gasteiger partial charge < -0.3 is 20.1 Å². The Morgan fingerprint density at radius 1 is 0.857 bits per heavy atom. The van der Waals surface area contributed by atoms with Crippen molar-refractivity contribution in [3.63, 3.8) is 0 Å². The lowest BCUT2D eigenvalue weighted by Gasteiger charge is -2.19. The van der Waals surface area contributed by atoms with Crippen molar-refractivity contribution in [2.45, 2.75) is 13.8 Å². The Morgan fingerprint density at radius 2 is 1.46 bits per heavy atom. The molecule has 3 aromatic rings. The average molecular weight is 376 g/mol. The van der Waals surface area contributed by atoms with Gasteiger partial charge in [0, 0.05) is 29.1 Å². The van der Waals surface area contributed by atoms with Gasteiger partial charge in [-0.3, -0.25) is 4.79 Å². The molecule has 2 N–H and O–H groups in total. The normalized spacial score (nSPS) is 12.4. The van der Waals surface area contributed by atoms with Crippen LogP contribution in [0.15, 0.2) is 48.5 Å². The number of anilines is 4. The molecule has 0 aliphatic carbocycles. The molecule has 1 aromatic heterocycles. The van der Waals surface area contributed by atoms with E-state index in [0.717, 1.165) is 17.1 Å². The maximum Gasteiger partial charge on any atom is 0.163 e. The first kappa shape index (κ1) is 17.8. The topological polar surface area (TPSA) is 85.4 Å². The predicted molar refractivity (Wildman–Crippen MR) is 107 cm³/mol. The van der Waals surface area contributed by atoms with Crippen LogP contribution in [0, 0.1) is 6.92 Å². The fourth-order valence-corrected chi connectivity index (χ4v) is 2.90. The van der Waals surface area contributed by atoms with E-state index in [1.54, 1.807) is 19.1 Å². The molecule has 0 amide bonds. The summed E-state index contributed by atoms with van der Waals surface area (Å²) < 4.78 is 11.2. The molecule has 0 saturated heterocycles. The highest BCUT2D eigenvalue weighted by molar-refractivity contribution is 5.94. The lowest BCUT2D eigenvalue weighted by molar-refractivity contribution is 0.101. The van der Waals surface area contributed by atoms with Crippen molar-refractivity contribution in [3.05, 3.63) is 59.9 Å². The van der Waals surface area contributed by atoms with E-state index in [0.29, 0.717) is 42.0 Å². The quantitative estimate of drug-likeness (QED) is 0.644. The minimum absolute atomic E-state index is 0.0374. The van der Waals surface area contributed by atoms with Crippen LogP contribution in [0.1, 0.15) is 23.1 Å². The van der Waals surface area contributed by atoms with Crippen LogP contribution in [0.2, 0.25) is 0 Å². The summed E-state index contributed by atoms with van der Waals surface area (Å²) in [5, 5.41) is 6.51. The lowest BCUT2D eigenvalue weighted by Crippen LogP contribution is -2.15. The van der Waals surface area contributed by atoms with Crippen molar-refractivity contribution < 1.29 is 14.3 Å².